The number of alkyl halides is 3. The Labute approximate surface area is 171 Å². The highest BCUT2D eigenvalue weighted by Gasteiger charge is 2.56. The summed E-state index contributed by atoms with van der Waals surface area (Å²) in [6, 6.07) is 4.74. The van der Waals surface area contributed by atoms with Crippen molar-refractivity contribution in [1.29, 1.82) is 0 Å². The molecule has 1 aliphatic rings. The molecule has 1 aliphatic heterocycles. The van der Waals surface area contributed by atoms with E-state index >= 15 is 0 Å². The van der Waals surface area contributed by atoms with Gasteiger partial charge in [0.25, 0.3) is 0 Å². The van der Waals surface area contributed by atoms with Crippen molar-refractivity contribution in [3.63, 3.8) is 0 Å². The molecule has 0 bridgehead atoms. The lowest BCUT2D eigenvalue weighted by atomic mass is 9.71. The summed E-state index contributed by atoms with van der Waals surface area (Å²) < 4.78 is 41.7. The van der Waals surface area contributed by atoms with Gasteiger partial charge in [-0.25, -0.2) is 9.97 Å². The number of benzene rings is 1. The molecule has 0 saturated heterocycles. The summed E-state index contributed by atoms with van der Waals surface area (Å²) in [7, 11) is 0. The molecular formula is C21H23F3N2O2S. The number of allylic oxidation sites excluding steroid dienone is 1. The minimum Gasteiger partial charge on any atom is -0.508 e. The van der Waals surface area contributed by atoms with E-state index in [1.807, 2.05) is 0 Å². The van der Waals surface area contributed by atoms with Crippen LogP contribution in [0.25, 0.3) is 11.1 Å². The van der Waals surface area contributed by atoms with Crippen molar-refractivity contribution in [2.45, 2.75) is 43.9 Å². The van der Waals surface area contributed by atoms with Crippen molar-refractivity contribution in [3.8, 4) is 16.9 Å². The van der Waals surface area contributed by atoms with Crippen LogP contribution in [0.15, 0.2) is 48.4 Å². The van der Waals surface area contributed by atoms with Gasteiger partial charge in [-0.05, 0) is 47.3 Å². The molecule has 2 aromatic rings. The summed E-state index contributed by atoms with van der Waals surface area (Å²) in [4.78, 5) is 7.91. The second-order valence-corrected chi connectivity index (χ2v) is 9.01. The van der Waals surface area contributed by atoms with Gasteiger partial charge in [0.2, 0.25) is 0 Å². The molecule has 1 aromatic heterocycles. The number of hydrogen-bond acceptors (Lipinski definition) is 5. The van der Waals surface area contributed by atoms with Crippen LogP contribution in [-0.4, -0.2) is 37.7 Å². The Hall–Kier alpha value is -2.06. The zero-order chi connectivity index (χ0) is 21.3. The number of rotatable bonds is 6. The minimum absolute atomic E-state index is 0.114. The number of nitrogens with zero attached hydrogens (tertiary/aromatic N) is 2. The molecule has 1 aromatic carbocycles. The zero-order valence-electron chi connectivity index (χ0n) is 16.1. The Balaban J connectivity index is 1.95. The van der Waals surface area contributed by atoms with Crippen LogP contribution < -0.4 is 0 Å². The van der Waals surface area contributed by atoms with Gasteiger partial charge in [-0.1, -0.05) is 26.0 Å². The van der Waals surface area contributed by atoms with Crippen molar-refractivity contribution in [3.05, 3.63) is 54.0 Å². The third-order valence-corrected chi connectivity index (χ3v) is 6.21. The molecule has 0 saturated carbocycles. The van der Waals surface area contributed by atoms with E-state index in [4.69, 9.17) is 0 Å². The van der Waals surface area contributed by atoms with E-state index in [2.05, 4.69) is 9.97 Å². The molecule has 8 heteroatoms. The highest BCUT2D eigenvalue weighted by atomic mass is 32.2. The van der Waals surface area contributed by atoms with Crippen molar-refractivity contribution < 1.29 is 23.4 Å². The fourth-order valence-corrected chi connectivity index (χ4v) is 4.70. The number of aliphatic hydroxyl groups is 1. The number of aromatic nitrogens is 2. The topological polar surface area (TPSA) is 66.2 Å². The first kappa shape index (κ1) is 21.6. The Morgan fingerprint density at radius 1 is 1.14 bits per heavy atom. The molecule has 2 unspecified atom stereocenters. The molecule has 0 radical (unpaired) electrons. The van der Waals surface area contributed by atoms with Gasteiger partial charge in [0.15, 0.2) is 5.60 Å². The molecule has 29 heavy (non-hydrogen) atoms. The van der Waals surface area contributed by atoms with Crippen LogP contribution in [0.3, 0.4) is 0 Å². The summed E-state index contributed by atoms with van der Waals surface area (Å²) in [6.45, 7) is 3.20. The summed E-state index contributed by atoms with van der Waals surface area (Å²) >= 11 is 1.44. The van der Waals surface area contributed by atoms with Gasteiger partial charge in [0, 0.05) is 29.3 Å². The molecule has 2 N–H and O–H groups in total. The van der Waals surface area contributed by atoms with Crippen LogP contribution in [0.2, 0.25) is 0 Å². The minimum atomic E-state index is -4.79. The largest absolute Gasteiger partial charge is 0.508 e. The Kier molecular flexibility index (Phi) is 5.96. The second kappa shape index (κ2) is 7.99. The van der Waals surface area contributed by atoms with Crippen LogP contribution in [0.4, 0.5) is 13.2 Å². The molecule has 0 spiro atoms. The first-order chi connectivity index (χ1) is 13.5. The lowest BCUT2D eigenvalue weighted by molar-refractivity contribution is -0.271. The average Bonchev–Trinajstić information content (AvgIpc) is 3.14. The monoisotopic (exact) mass is 424 g/mol. The summed E-state index contributed by atoms with van der Waals surface area (Å²) in [5.41, 5.74) is -2.32. The van der Waals surface area contributed by atoms with Crippen molar-refractivity contribution in [2.24, 2.45) is 5.92 Å². The van der Waals surface area contributed by atoms with Crippen LogP contribution in [-0.2, 0) is 5.41 Å². The standard InChI is InChI=1S/C21H23F3N2O2S/c1-19(2,12-20(28,21(22,23)24)8-14-5-6-29-11-14)17-7-15(3-4-18(17)27)16-9-25-13-26-10-16/h3-7,9-10,13-14,27-28H,8,11-12H2,1-2H3. The number of thioether (sulfide) groups is 1. The van der Waals surface area contributed by atoms with Gasteiger partial charge in [0.1, 0.15) is 12.1 Å². The first-order valence-electron chi connectivity index (χ1n) is 9.18. The molecule has 0 aliphatic carbocycles. The summed E-state index contributed by atoms with van der Waals surface area (Å²) in [6.07, 6.45) is 0.511. The van der Waals surface area contributed by atoms with E-state index in [0.717, 1.165) is 0 Å². The number of phenols is 1. The molecule has 0 amide bonds. The fourth-order valence-electron chi connectivity index (χ4n) is 3.78. The summed E-state index contributed by atoms with van der Waals surface area (Å²) in [5.74, 6) is 0.0633. The normalized spacial score (nSPS) is 19.3. The fraction of sp³-hybridized carbons (Fsp3) is 0.429. The predicted octanol–water partition coefficient (Wildman–Crippen LogP) is 5.08. The first-order valence-corrected chi connectivity index (χ1v) is 10.2. The van der Waals surface area contributed by atoms with Gasteiger partial charge in [-0.15, -0.1) is 11.8 Å². The SMILES string of the molecule is CC(C)(CC(O)(CC1C=CSC1)C(F)(F)F)c1cc(-c2cncnc2)ccc1O. The summed E-state index contributed by atoms with van der Waals surface area (Å²) in [5, 5.41) is 22.9. The van der Waals surface area contributed by atoms with Gasteiger partial charge >= 0.3 is 6.18 Å². The highest BCUT2D eigenvalue weighted by Crippen LogP contribution is 2.47. The third-order valence-electron chi connectivity index (χ3n) is 5.24. The van der Waals surface area contributed by atoms with Gasteiger partial charge in [0.05, 0.1) is 0 Å². The van der Waals surface area contributed by atoms with E-state index in [1.54, 1.807) is 49.9 Å². The molecular weight excluding hydrogens is 401 g/mol. The van der Waals surface area contributed by atoms with E-state index in [1.165, 1.54) is 24.2 Å². The number of hydrogen-bond donors (Lipinski definition) is 2. The average molecular weight is 424 g/mol. The number of aromatic hydroxyl groups is 1. The molecule has 3 rings (SSSR count). The van der Waals surface area contributed by atoms with Crippen molar-refractivity contribution in [2.75, 3.05) is 5.75 Å². The quantitative estimate of drug-likeness (QED) is 0.677. The van der Waals surface area contributed by atoms with Crippen molar-refractivity contribution >= 4 is 11.8 Å². The van der Waals surface area contributed by atoms with Gasteiger partial charge in [-0.3, -0.25) is 0 Å². The van der Waals surface area contributed by atoms with Gasteiger partial charge < -0.3 is 10.2 Å². The Bertz CT molecular complexity index is 887. The molecule has 2 atom stereocenters. The Morgan fingerprint density at radius 2 is 1.83 bits per heavy atom. The zero-order valence-corrected chi connectivity index (χ0v) is 17.0. The number of halogens is 3. The maximum atomic E-state index is 13.9. The molecule has 2 heterocycles. The van der Waals surface area contributed by atoms with Crippen LogP contribution in [0.1, 0.15) is 32.3 Å². The van der Waals surface area contributed by atoms with Crippen LogP contribution in [0, 0.1) is 5.92 Å². The smallest absolute Gasteiger partial charge is 0.417 e. The van der Waals surface area contributed by atoms with E-state index < -0.39 is 30.0 Å². The number of phenolic OH excluding ortho intramolecular Hbond substituents is 1. The third kappa shape index (κ3) is 4.75. The van der Waals surface area contributed by atoms with Crippen molar-refractivity contribution in [1.82, 2.24) is 9.97 Å². The second-order valence-electron chi connectivity index (χ2n) is 8.08. The van der Waals surface area contributed by atoms with E-state index in [0.29, 0.717) is 22.4 Å². The van der Waals surface area contributed by atoms with Crippen LogP contribution >= 0.6 is 11.8 Å². The van der Waals surface area contributed by atoms with E-state index in [-0.39, 0.29) is 11.7 Å². The Morgan fingerprint density at radius 3 is 2.41 bits per heavy atom. The highest BCUT2D eigenvalue weighted by molar-refractivity contribution is 8.02. The lowest BCUT2D eigenvalue weighted by Crippen LogP contribution is -2.50. The predicted molar refractivity (Wildman–Crippen MR) is 107 cm³/mol. The van der Waals surface area contributed by atoms with E-state index in [9.17, 15) is 23.4 Å². The molecule has 156 valence electrons. The van der Waals surface area contributed by atoms with Crippen LogP contribution in [0.5, 0.6) is 5.75 Å². The maximum Gasteiger partial charge on any atom is 0.417 e. The molecule has 0 fully saturated rings. The van der Waals surface area contributed by atoms with Gasteiger partial charge in [-0.2, -0.15) is 13.2 Å². The lowest BCUT2D eigenvalue weighted by Gasteiger charge is -2.39. The maximum absolute atomic E-state index is 13.9. The molecule has 4 nitrogen and oxygen atoms in total.